The third kappa shape index (κ3) is 3.49. The van der Waals surface area contributed by atoms with Crippen molar-refractivity contribution in [3.05, 3.63) is 64.7 Å². The summed E-state index contributed by atoms with van der Waals surface area (Å²) in [6.45, 7) is 0. The lowest BCUT2D eigenvalue weighted by atomic mass is 10.0. The van der Waals surface area contributed by atoms with Gasteiger partial charge < -0.3 is 10.1 Å². The number of anilines is 1. The maximum Gasteiger partial charge on any atom is 0.333 e. The molecule has 0 aliphatic carbocycles. The van der Waals surface area contributed by atoms with Crippen molar-refractivity contribution in [2.75, 3.05) is 12.4 Å². The maximum atomic E-state index is 13.9. The van der Waals surface area contributed by atoms with Crippen molar-refractivity contribution in [3.8, 4) is 0 Å². The molecule has 6 heteroatoms. The molecule has 0 bridgehead atoms. The monoisotopic (exact) mass is 311 g/mol. The van der Waals surface area contributed by atoms with E-state index in [9.17, 15) is 13.6 Å². The first-order chi connectivity index (χ1) is 10.0. The predicted molar refractivity (Wildman–Crippen MR) is 76.2 cm³/mol. The summed E-state index contributed by atoms with van der Waals surface area (Å²) < 4.78 is 32.3. The first-order valence-corrected chi connectivity index (χ1v) is 6.44. The van der Waals surface area contributed by atoms with Gasteiger partial charge in [0.15, 0.2) is 6.04 Å². The lowest BCUT2D eigenvalue weighted by Crippen LogP contribution is -2.24. The molecule has 21 heavy (non-hydrogen) atoms. The molecule has 1 atom stereocenters. The van der Waals surface area contributed by atoms with Gasteiger partial charge in [-0.3, -0.25) is 0 Å². The van der Waals surface area contributed by atoms with Crippen LogP contribution < -0.4 is 5.32 Å². The molecule has 0 saturated carbocycles. The minimum atomic E-state index is -1.31. The molecule has 0 saturated heterocycles. The lowest BCUT2D eigenvalue weighted by Gasteiger charge is -2.19. The normalized spacial score (nSPS) is 11.8. The summed E-state index contributed by atoms with van der Waals surface area (Å²) in [4.78, 5) is 11.9. The zero-order chi connectivity index (χ0) is 15.4. The third-order valence-corrected chi connectivity index (χ3v) is 3.10. The zero-order valence-electron chi connectivity index (χ0n) is 11.1. The standard InChI is InChI=1S/C15H12ClF2NO2/c1-21-15(20)14(13-11(17)6-3-7-12(13)18)19-10-5-2-4-9(16)8-10/h2-8,14,19H,1H3. The average molecular weight is 312 g/mol. The van der Waals surface area contributed by atoms with Crippen LogP contribution in [0.2, 0.25) is 5.02 Å². The van der Waals surface area contributed by atoms with Gasteiger partial charge >= 0.3 is 5.97 Å². The van der Waals surface area contributed by atoms with E-state index in [4.69, 9.17) is 11.6 Å². The second-order valence-electron chi connectivity index (χ2n) is 4.25. The van der Waals surface area contributed by atoms with Crippen molar-refractivity contribution in [2.45, 2.75) is 6.04 Å². The summed E-state index contributed by atoms with van der Waals surface area (Å²) in [6.07, 6.45) is 0. The average Bonchev–Trinajstić information content (AvgIpc) is 2.45. The van der Waals surface area contributed by atoms with Gasteiger partial charge in [0.2, 0.25) is 0 Å². The Hall–Kier alpha value is -2.14. The molecule has 110 valence electrons. The second kappa shape index (κ2) is 6.54. The lowest BCUT2D eigenvalue weighted by molar-refractivity contribution is -0.141. The summed E-state index contributed by atoms with van der Waals surface area (Å²) in [6, 6.07) is 8.52. The molecule has 2 aromatic carbocycles. The van der Waals surface area contributed by atoms with Gasteiger partial charge in [0, 0.05) is 10.7 Å². The van der Waals surface area contributed by atoms with Crippen LogP contribution in [0.4, 0.5) is 14.5 Å². The molecule has 0 aromatic heterocycles. The van der Waals surface area contributed by atoms with Crippen LogP contribution >= 0.6 is 11.6 Å². The summed E-state index contributed by atoms with van der Waals surface area (Å²) in [7, 11) is 1.15. The second-order valence-corrected chi connectivity index (χ2v) is 4.68. The predicted octanol–water partition coefficient (Wildman–Crippen LogP) is 3.94. The van der Waals surface area contributed by atoms with Crippen molar-refractivity contribution >= 4 is 23.3 Å². The first-order valence-electron chi connectivity index (χ1n) is 6.06. The van der Waals surface area contributed by atoms with Crippen LogP contribution in [0.1, 0.15) is 11.6 Å². The Balaban J connectivity index is 2.42. The molecule has 1 N–H and O–H groups in total. The minimum absolute atomic E-state index is 0.399. The van der Waals surface area contributed by atoms with E-state index < -0.39 is 29.2 Å². The van der Waals surface area contributed by atoms with E-state index in [1.807, 2.05) is 0 Å². The Kier molecular flexibility index (Phi) is 4.75. The zero-order valence-corrected chi connectivity index (χ0v) is 11.8. The van der Waals surface area contributed by atoms with E-state index in [0.29, 0.717) is 10.7 Å². The van der Waals surface area contributed by atoms with Crippen LogP contribution in [0.25, 0.3) is 0 Å². The van der Waals surface area contributed by atoms with E-state index in [-0.39, 0.29) is 0 Å². The number of benzene rings is 2. The van der Waals surface area contributed by atoms with Gasteiger partial charge in [0.25, 0.3) is 0 Å². The number of nitrogens with one attached hydrogen (secondary N) is 1. The largest absolute Gasteiger partial charge is 0.467 e. The fourth-order valence-electron chi connectivity index (χ4n) is 1.90. The van der Waals surface area contributed by atoms with Crippen LogP contribution in [0.15, 0.2) is 42.5 Å². The summed E-state index contributed by atoms with van der Waals surface area (Å²) in [5.41, 5.74) is 0.0462. The summed E-state index contributed by atoms with van der Waals surface area (Å²) in [5.74, 6) is -2.47. The highest BCUT2D eigenvalue weighted by molar-refractivity contribution is 6.30. The molecule has 0 radical (unpaired) electrons. The van der Waals surface area contributed by atoms with Gasteiger partial charge in [-0.05, 0) is 30.3 Å². The van der Waals surface area contributed by atoms with E-state index in [2.05, 4.69) is 10.1 Å². The molecule has 0 fully saturated rings. The fraction of sp³-hybridized carbons (Fsp3) is 0.133. The number of esters is 1. The van der Waals surface area contributed by atoms with Gasteiger partial charge in [-0.25, -0.2) is 13.6 Å². The Labute approximate surface area is 125 Å². The van der Waals surface area contributed by atoms with Crippen molar-refractivity contribution in [2.24, 2.45) is 0 Å². The molecule has 3 nitrogen and oxygen atoms in total. The smallest absolute Gasteiger partial charge is 0.333 e. The Morgan fingerprint density at radius 2 is 1.81 bits per heavy atom. The highest BCUT2D eigenvalue weighted by atomic mass is 35.5. The van der Waals surface area contributed by atoms with Crippen LogP contribution in [-0.4, -0.2) is 13.1 Å². The van der Waals surface area contributed by atoms with Crippen molar-refractivity contribution in [3.63, 3.8) is 0 Å². The molecule has 2 rings (SSSR count). The topological polar surface area (TPSA) is 38.3 Å². The fourth-order valence-corrected chi connectivity index (χ4v) is 2.09. The van der Waals surface area contributed by atoms with Crippen molar-refractivity contribution in [1.29, 1.82) is 0 Å². The Morgan fingerprint density at radius 3 is 2.38 bits per heavy atom. The summed E-state index contributed by atoms with van der Waals surface area (Å²) >= 11 is 5.85. The van der Waals surface area contributed by atoms with Crippen LogP contribution in [-0.2, 0) is 9.53 Å². The Morgan fingerprint density at radius 1 is 1.19 bits per heavy atom. The number of ether oxygens (including phenoxy) is 1. The van der Waals surface area contributed by atoms with E-state index >= 15 is 0 Å². The maximum absolute atomic E-state index is 13.9. The highest BCUT2D eigenvalue weighted by Crippen LogP contribution is 2.27. The van der Waals surface area contributed by atoms with E-state index in [1.54, 1.807) is 18.2 Å². The molecular formula is C15H12ClF2NO2. The first kappa shape index (κ1) is 15.3. The minimum Gasteiger partial charge on any atom is -0.467 e. The molecule has 0 aliphatic heterocycles. The van der Waals surface area contributed by atoms with E-state index in [0.717, 1.165) is 19.2 Å². The third-order valence-electron chi connectivity index (χ3n) is 2.86. The number of rotatable bonds is 4. The number of hydrogen-bond donors (Lipinski definition) is 1. The molecule has 0 spiro atoms. The number of carbonyl (C=O) groups excluding carboxylic acids is 1. The SMILES string of the molecule is COC(=O)C(Nc1cccc(Cl)c1)c1c(F)cccc1F. The number of halogens is 3. The van der Waals surface area contributed by atoms with Crippen LogP contribution in [0.5, 0.6) is 0 Å². The quantitative estimate of drug-likeness (QED) is 0.869. The van der Waals surface area contributed by atoms with Gasteiger partial charge in [0.05, 0.1) is 12.7 Å². The number of hydrogen-bond acceptors (Lipinski definition) is 3. The number of carbonyl (C=O) groups is 1. The van der Waals surface area contributed by atoms with Gasteiger partial charge in [0.1, 0.15) is 11.6 Å². The van der Waals surface area contributed by atoms with Gasteiger partial charge in [-0.15, -0.1) is 0 Å². The molecular weight excluding hydrogens is 300 g/mol. The molecule has 0 heterocycles. The van der Waals surface area contributed by atoms with Crippen LogP contribution in [0.3, 0.4) is 0 Å². The Bertz CT molecular complexity index is 644. The highest BCUT2D eigenvalue weighted by Gasteiger charge is 2.27. The van der Waals surface area contributed by atoms with Crippen LogP contribution in [0, 0.1) is 11.6 Å². The molecule has 0 amide bonds. The molecule has 1 unspecified atom stereocenters. The van der Waals surface area contributed by atoms with Gasteiger partial charge in [-0.1, -0.05) is 23.7 Å². The van der Waals surface area contributed by atoms with E-state index in [1.165, 1.54) is 12.1 Å². The van der Waals surface area contributed by atoms with Gasteiger partial charge in [-0.2, -0.15) is 0 Å². The molecule has 0 aliphatic rings. The molecule has 2 aromatic rings. The summed E-state index contributed by atoms with van der Waals surface area (Å²) in [5, 5.41) is 3.16. The van der Waals surface area contributed by atoms with Crippen molar-refractivity contribution < 1.29 is 18.3 Å². The van der Waals surface area contributed by atoms with Crippen molar-refractivity contribution in [1.82, 2.24) is 0 Å². The number of methoxy groups -OCH3 is 1.